The Kier molecular flexibility index (Phi) is 6.54. The number of hydrogen-bond donors (Lipinski definition) is 1. The molecule has 1 N–H and O–H groups in total. The van der Waals surface area contributed by atoms with Crippen LogP contribution in [-0.2, 0) is 9.59 Å². The first kappa shape index (κ1) is 20.9. The van der Waals surface area contributed by atoms with Gasteiger partial charge in [-0.1, -0.05) is 42.1 Å². The number of amides is 2. The summed E-state index contributed by atoms with van der Waals surface area (Å²) in [5.74, 6) is -0.300. The van der Waals surface area contributed by atoms with E-state index in [0.29, 0.717) is 11.7 Å². The first-order valence-electron chi connectivity index (χ1n) is 9.49. The SMILES string of the molecule is C=CCN1C(=O)[C@@H](CC(=O)Nc2cccc(C)c2)SC1=Nc1cc(C)ccc1C. The summed E-state index contributed by atoms with van der Waals surface area (Å²) in [7, 11) is 0. The van der Waals surface area contributed by atoms with E-state index in [1.54, 1.807) is 11.0 Å². The molecular formula is C23H25N3O2S. The molecule has 2 aromatic rings. The van der Waals surface area contributed by atoms with E-state index in [2.05, 4.69) is 11.9 Å². The summed E-state index contributed by atoms with van der Waals surface area (Å²) in [4.78, 5) is 31.7. The van der Waals surface area contributed by atoms with E-state index in [-0.39, 0.29) is 18.2 Å². The highest BCUT2D eigenvalue weighted by molar-refractivity contribution is 8.15. The molecule has 0 spiro atoms. The third kappa shape index (κ3) is 5.15. The Morgan fingerprint density at radius 1 is 1.21 bits per heavy atom. The van der Waals surface area contributed by atoms with E-state index in [1.165, 1.54) is 11.8 Å². The van der Waals surface area contributed by atoms with Gasteiger partial charge < -0.3 is 5.32 Å². The third-order valence-electron chi connectivity index (χ3n) is 4.59. The van der Waals surface area contributed by atoms with Gasteiger partial charge in [0.15, 0.2) is 5.17 Å². The van der Waals surface area contributed by atoms with Crippen molar-refractivity contribution in [3.8, 4) is 0 Å². The average molecular weight is 408 g/mol. The van der Waals surface area contributed by atoms with Crippen LogP contribution in [0.15, 0.2) is 60.1 Å². The molecule has 1 aliphatic rings. The zero-order chi connectivity index (χ0) is 21.0. The maximum absolute atomic E-state index is 12.9. The average Bonchev–Trinajstić information content (AvgIpc) is 2.94. The van der Waals surface area contributed by atoms with E-state index in [0.717, 1.165) is 28.1 Å². The lowest BCUT2D eigenvalue weighted by atomic mass is 10.1. The smallest absolute Gasteiger partial charge is 0.242 e. The molecule has 1 aliphatic heterocycles. The summed E-state index contributed by atoms with van der Waals surface area (Å²) >= 11 is 1.34. The molecule has 3 rings (SSSR count). The normalized spacial score (nSPS) is 17.6. The molecule has 1 heterocycles. The van der Waals surface area contributed by atoms with Crippen molar-refractivity contribution in [2.75, 3.05) is 11.9 Å². The summed E-state index contributed by atoms with van der Waals surface area (Å²) in [5.41, 5.74) is 4.77. The summed E-state index contributed by atoms with van der Waals surface area (Å²) in [6, 6.07) is 13.6. The third-order valence-corrected chi connectivity index (χ3v) is 5.76. The molecule has 0 radical (unpaired) electrons. The molecule has 150 valence electrons. The highest BCUT2D eigenvalue weighted by Crippen LogP contribution is 2.33. The molecule has 1 atom stereocenters. The van der Waals surface area contributed by atoms with Gasteiger partial charge in [0, 0.05) is 18.7 Å². The molecule has 1 saturated heterocycles. The highest BCUT2D eigenvalue weighted by Gasteiger charge is 2.38. The number of amidine groups is 1. The lowest BCUT2D eigenvalue weighted by molar-refractivity contribution is -0.127. The minimum atomic E-state index is -0.497. The first-order chi connectivity index (χ1) is 13.9. The zero-order valence-electron chi connectivity index (χ0n) is 16.9. The fourth-order valence-corrected chi connectivity index (χ4v) is 4.23. The minimum Gasteiger partial charge on any atom is -0.326 e. The summed E-state index contributed by atoms with van der Waals surface area (Å²) in [5, 5.41) is 2.99. The van der Waals surface area contributed by atoms with Gasteiger partial charge in [0.25, 0.3) is 0 Å². The Bertz CT molecular complexity index is 984. The number of benzene rings is 2. The Labute approximate surface area is 175 Å². The number of rotatable bonds is 6. The Morgan fingerprint density at radius 3 is 2.69 bits per heavy atom. The Hall–Kier alpha value is -2.86. The van der Waals surface area contributed by atoms with Gasteiger partial charge in [-0.25, -0.2) is 4.99 Å². The van der Waals surface area contributed by atoms with Crippen molar-refractivity contribution in [1.29, 1.82) is 0 Å². The van der Waals surface area contributed by atoms with Crippen LogP contribution in [0.1, 0.15) is 23.1 Å². The number of carbonyl (C=O) groups is 2. The maximum Gasteiger partial charge on any atom is 0.242 e. The molecule has 0 aliphatic carbocycles. The topological polar surface area (TPSA) is 61.8 Å². The minimum absolute atomic E-state index is 0.0942. The number of aryl methyl sites for hydroxylation is 3. The van der Waals surface area contributed by atoms with Gasteiger partial charge >= 0.3 is 0 Å². The van der Waals surface area contributed by atoms with Crippen molar-refractivity contribution in [2.24, 2.45) is 4.99 Å². The predicted molar refractivity (Wildman–Crippen MR) is 121 cm³/mol. The molecule has 0 unspecified atom stereocenters. The van der Waals surface area contributed by atoms with Crippen molar-refractivity contribution < 1.29 is 9.59 Å². The van der Waals surface area contributed by atoms with Gasteiger partial charge in [-0.15, -0.1) is 6.58 Å². The van der Waals surface area contributed by atoms with Gasteiger partial charge in [-0.05, 0) is 55.7 Å². The van der Waals surface area contributed by atoms with Crippen LogP contribution in [0.5, 0.6) is 0 Å². The predicted octanol–water partition coefficient (Wildman–Crippen LogP) is 4.76. The lowest BCUT2D eigenvalue weighted by Crippen LogP contribution is -2.33. The molecule has 2 amide bonds. The maximum atomic E-state index is 12.9. The lowest BCUT2D eigenvalue weighted by Gasteiger charge is -2.14. The molecule has 6 heteroatoms. The van der Waals surface area contributed by atoms with Crippen molar-refractivity contribution in [3.63, 3.8) is 0 Å². The van der Waals surface area contributed by atoms with Crippen molar-refractivity contribution in [3.05, 3.63) is 71.8 Å². The van der Waals surface area contributed by atoms with Crippen LogP contribution in [0.25, 0.3) is 0 Å². The second-order valence-electron chi connectivity index (χ2n) is 7.15. The summed E-state index contributed by atoms with van der Waals surface area (Å²) in [6.07, 6.45) is 1.77. The zero-order valence-corrected chi connectivity index (χ0v) is 17.8. The molecule has 2 aromatic carbocycles. The van der Waals surface area contributed by atoms with E-state index < -0.39 is 5.25 Å². The Morgan fingerprint density at radius 2 is 1.97 bits per heavy atom. The fourth-order valence-electron chi connectivity index (χ4n) is 3.07. The molecule has 5 nitrogen and oxygen atoms in total. The molecule has 0 bridgehead atoms. The number of aliphatic imine (C=N–C) groups is 1. The second kappa shape index (κ2) is 9.09. The van der Waals surface area contributed by atoms with Crippen LogP contribution < -0.4 is 5.32 Å². The Balaban J connectivity index is 1.78. The standard InChI is InChI=1S/C23H25N3O2S/c1-5-11-26-22(28)20(14-21(27)24-18-8-6-7-15(2)12-18)29-23(26)25-19-13-16(3)9-10-17(19)4/h5-10,12-13,20H,1,11,14H2,2-4H3,(H,24,27)/t20-/m1/s1. The van der Waals surface area contributed by atoms with Gasteiger partial charge in [0.05, 0.1) is 5.69 Å². The fraction of sp³-hybridized carbons (Fsp3) is 0.261. The first-order valence-corrected chi connectivity index (χ1v) is 10.4. The number of nitrogens with zero attached hydrogens (tertiary/aromatic N) is 2. The van der Waals surface area contributed by atoms with Crippen LogP contribution in [0.2, 0.25) is 0 Å². The highest BCUT2D eigenvalue weighted by atomic mass is 32.2. The van der Waals surface area contributed by atoms with Gasteiger partial charge in [0.2, 0.25) is 11.8 Å². The number of nitrogens with one attached hydrogen (secondary N) is 1. The van der Waals surface area contributed by atoms with E-state index in [9.17, 15) is 9.59 Å². The molecule has 0 saturated carbocycles. The van der Waals surface area contributed by atoms with Crippen LogP contribution in [-0.4, -0.2) is 33.7 Å². The summed E-state index contributed by atoms with van der Waals surface area (Å²) < 4.78 is 0. The second-order valence-corrected chi connectivity index (χ2v) is 8.32. The molecule has 0 aromatic heterocycles. The van der Waals surface area contributed by atoms with Crippen molar-refractivity contribution in [2.45, 2.75) is 32.4 Å². The van der Waals surface area contributed by atoms with E-state index >= 15 is 0 Å². The number of carbonyl (C=O) groups excluding carboxylic acids is 2. The van der Waals surface area contributed by atoms with Crippen molar-refractivity contribution in [1.82, 2.24) is 4.90 Å². The number of thioether (sulfide) groups is 1. The number of hydrogen-bond acceptors (Lipinski definition) is 4. The monoisotopic (exact) mass is 407 g/mol. The van der Waals surface area contributed by atoms with Crippen LogP contribution >= 0.6 is 11.8 Å². The van der Waals surface area contributed by atoms with Crippen LogP contribution in [0.4, 0.5) is 11.4 Å². The van der Waals surface area contributed by atoms with E-state index in [1.807, 2.05) is 63.2 Å². The van der Waals surface area contributed by atoms with Gasteiger partial charge in [0.1, 0.15) is 5.25 Å². The molecule has 29 heavy (non-hydrogen) atoms. The van der Waals surface area contributed by atoms with Crippen LogP contribution in [0.3, 0.4) is 0 Å². The number of anilines is 1. The largest absolute Gasteiger partial charge is 0.326 e. The summed E-state index contributed by atoms with van der Waals surface area (Å²) in [6.45, 7) is 10.1. The van der Waals surface area contributed by atoms with Gasteiger partial charge in [-0.2, -0.15) is 0 Å². The van der Waals surface area contributed by atoms with Crippen molar-refractivity contribution >= 4 is 40.1 Å². The van der Waals surface area contributed by atoms with E-state index in [4.69, 9.17) is 4.99 Å². The quantitative estimate of drug-likeness (QED) is 0.703. The molecular weight excluding hydrogens is 382 g/mol. The van der Waals surface area contributed by atoms with Gasteiger partial charge in [-0.3, -0.25) is 14.5 Å². The van der Waals surface area contributed by atoms with Crippen LogP contribution in [0, 0.1) is 20.8 Å². The molecule has 1 fully saturated rings.